The highest BCUT2D eigenvalue weighted by molar-refractivity contribution is 5.93. The number of alkyl halides is 3. The maximum absolute atomic E-state index is 12.4. The van der Waals surface area contributed by atoms with E-state index in [1.807, 2.05) is 0 Å². The number of rotatable bonds is 3. The zero-order chi connectivity index (χ0) is 14.6. The molecule has 1 amide bonds. The number of nitrogens with one attached hydrogen (secondary N) is 1. The fourth-order valence-corrected chi connectivity index (χ4v) is 1.51. The van der Waals surface area contributed by atoms with Crippen molar-refractivity contribution in [3.8, 4) is 0 Å². The van der Waals surface area contributed by atoms with E-state index in [9.17, 15) is 22.8 Å². The van der Waals surface area contributed by atoms with Crippen molar-refractivity contribution in [1.82, 2.24) is 0 Å². The lowest BCUT2D eigenvalue weighted by Crippen LogP contribution is -2.16. The van der Waals surface area contributed by atoms with Crippen LogP contribution in [-0.4, -0.2) is 25.2 Å². The maximum atomic E-state index is 12.4. The Morgan fingerprint density at radius 2 is 1.95 bits per heavy atom. The Morgan fingerprint density at radius 1 is 1.32 bits per heavy atom. The van der Waals surface area contributed by atoms with Crippen molar-refractivity contribution in [3.63, 3.8) is 0 Å². The number of hydrogen-bond donors (Lipinski definition) is 1. The molecule has 0 aromatic heterocycles. The van der Waals surface area contributed by atoms with E-state index in [4.69, 9.17) is 0 Å². The third-order valence-electron chi connectivity index (χ3n) is 2.23. The van der Waals surface area contributed by atoms with Gasteiger partial charge in [-0.15, -0.1) is 0 Å². The van der Waals surface area contributed by atoms with Crippen molar-refractivity contribution < 1.29 is 27.5 Å². The minimum atomic E-state index is -4.44. The van der Waals surface area contributed by atoms with E-state index in [1.165, 1.54) is 19.1 Å². The Labute approximate surface area is 107 Å². The van der Waals surface area contributed by atoms with Crippen molar-refractivity contribution in [2.75, 3.05) is 12.4 Å². The summed E-state index contributed by atoms with van der Waals surface area (Å²) in [6.45, 7) is 1.19. The van der Waals surface area contributed by atoms with Crippen molar-refractivity contribution in [1.29, 1.82) is 0 Å². The monoisotopic (exact) mass is 275 g/mol. The summed E-state index contributed by atoms with van der Waals surface area (Å²) in [5.74, 6) is -1.23. The first-order valence-electron chi connectivity index (χ1n) is 5.28. The molecule has 0 bridgehead atoms. The average Bonchev–Trinajstić information content (AvgIpc) is 2.28. The predicted octanol–water partition coefficient (Wildman–Crippen LogP) is 2.54. The van der Waals surface area contributed by atoms with Crippen LogP contribution in [0.2, 0.25) is 0 Å². The second kappa shape index (κ2) is 5.73. The lowest BCUT2D eigenvalue weighted by molar-refractivity contribution is -0.127. The van der Waals surface area contributed by atoms with Crippen molar-refractivity contribution >= 4 is 17.6 Å². The fraction of sp³-hybridized carbons (Fsp3) is 0.333. The van der Waals surface area contributed by atoms with E-state index in [1.54, 1.807) is 0 Å². The number of anilines is 1. The lowest BCUT2D eigenvalue weighted by Gasteiger charge is -2.13. The van der Waals surface area contributed by atoms with Crippen LogP contribution in [0.1, 0.15) is 22.8 Å². The summed E-state index contributed by atoms with van der Waals surface area (Å²) in [7, 11) is 1.13. The van der Waals surface area contributed by atoms with Crippen LogP contribution in [0.3, 0.4) is 0 Å². The Morgan fingerprint density at radius 3 is 2.42 bits per heavy atom. The van der Waals surface area contributed by atoms with E-state index in [0.29, 0.717) is 0 Å². The van der Waals surface area contributed by atoms with Crippen LogP contribution in [0, 0.1) is 0 Å². The number of esters is 1. The molecule has 0 aliphatic rings. The molecule has 1 aromatic rings. The van der Waals surface area contributed by atoms with Crippen LogP contribution in [0.15, 0.2) is 18.2 Å². The quantitative estimate of drug-likeness (QED) is 0.862. The molecule has 1 aromatic carbocycles. The largest absolute Gasteiger partial charge is 0.465 e. The molecule has 1 N–H and O–H groups in total. The molecule has 0 unspecified atom stereocenters. The molecule has 0 aliphatic carbocycles. The van der Waals surface area contributed by atoms with Gasteiger partial charge >= 0.3 is 12.1 Å². The highest BCUT2D eigenvalue weighted by atomic mass is 19.4. The standard InChI is InChI=1S/C12H12F3NO3/c1-7(17)16-10-4-3-8(11(18)19-2)5-9(10)6-12(13,14)15/h3-5H,6H2,1-2H3,(H,16,17). The summed E-state index contributed by atoms with van der Waals surface area (Å²) < 4.78 is 41.8. The third kappa shape index (κ3) is 4.61. The summed E-state index contributed by atoms with van der Waals surface area (Å²) in [6.07, 6.45) is -5.69. The van der Waals surface area contributed by atoms with Crippen LogP contribution in [-0.2, 0) is 16.0 Å². The molecule has 0 radical (unpaired) electrons. The van der Waals surface area contributed by atoms with Gasteiger partial charge in [-0.1, -0.05) is 0 Å². The molecule has 19 heavy (non-hydrogen) atoms. The van der Waals surface area contributed by atoms with E-state index in [0.717, 1.165) is 13.2 Å². The van der Waals surface area contributed by atoms with Crippen LogP contribution in [0.5, 0.6) is 0 Å². The van der Waals surface area contributed by atoms with Gasteiger partial charge in [0.2, 0.25) is 5.91 Å². The van der Waals surface area contributed by atoms with Crippen LogP contribution < -0.4 is 5.32 Å². The van der Waals surface area contributed by atoms with Gasteiger partial charge in [-0.3, -0.25) is 4.79 Å². The molecular weight excluding hydrogens is 263 g/mol. The maximum Gasteiger partial charge on any atom is 0.393 e. The van der Waals surface area contributed by atoms with Gasteiger partial charge in [-0.2, -0.15) is 13.2 Å². The average molecular weight is 275 g/mol. The molecule has 104 valence electrons. The molecule has 0 aliphatic heterocycles. The number of carbonyl (C=O) groups is 2. The molecule has 0 spiro atoms. The number of hydrogen-bond acceptors (Lipinski definition) is 3. The number of halogens is 3. The minimum absolute atomic E-state index is 0.00384. The zero-order valence-corrected chi connectivity index (χ0v) is 10.3. The summed E-state index contributed by atoms with van der Waals surface area (Å²) in [6, 6.07) is 3.59. The van der Waals surface area contributed by atoms with E-state index < -0.39 is 24.5 Å². The normalized spacial score (nSPS) is 11.0. The summed E-state index contributed by atoms with van der Waals surface area (Å²) in [4.78, 5) is 22.2. The third-order valence-corrected chi connectivity index (χ3v) is 2.23. The van der Waals surface area contributed by atoms with E-state index >= 15 is 0 Å². The molecule has 0 fully saturated rings. The first-order valence-corrected chi connectivity index (χ1v) is 5.28. The zero-order valence-electron chi connectivity index (χ0n) is 10.3. The first-order chi connectivity index (χ1) is 8.73. The van der Waals surface area contributed by atoms with Gasteiger partial charge in [0, 0.05) is 12.6 Å². The molecule has 7 heteroatoms. The highest BCUT2D eigenvalue weighted by Gasteiger charge is 2.29. The van der Waals surface area contributed by atoms with Gasteiger partial charge in [-0.25, -0.2) is 4.79 Å². The van der Waals surface area contributed by atoms with Gasteiger partial charge in [0.25, 0.3) is 0 Å². The van der Waals surface area contributed by atoms with Gasteiger partial charge in [-0.05, 0) is 23.8 Å². The van der Waals surface area contributed by atoms with E-state index in [-0.39, 0.29) is 16.8 Å². The fourth-order valence-electron chi connectivity index (χ4n) is 1.51. The molecule has 0 saturated heterocycles. The molecule has 0 saturated carbocycles. The van der Waals surface area contributed by atoms with Gasteiger partial charge in [0.05, 0.1) is 19.1 Å². The molecule has 0 heterocycles. The second-order valence-corrected chi connectivity index (χ2v) is 3.84. The molecule has 1 rings (SSSR count). The van der Waals surface area contributed by atoms with Gasteiger partial charge in [0.1, 0.15) is 0 Å². The SMILES string of the molecule is COC(=O)c1ccc(NC(C)=O)c(CC(F)(F)F)c1. The lowest BCUT2D eigenvalue weighted by atomic mass is 10.1. The van der Waals surface area contributed by atoms with Crippen molar-refractivity contribution in [2.45, 2.75) is 19.5 Å². The second-order valence-electron chi connectivity index (χ2n) is 3.84. The number of amides is 1. The molecule has 4 nitrogen and oxygen atoms in total. The minimum Gasteiger partial charge on any atom is -0.465 e. The molecule has 0 atom stereocenters. The summed E-state index contributed by atoms with van der Waals surface area (Å²) >= 11 is 0. The topological polar surface area (TPSA) is 55.4 Å². The van der Waals surface area contributed by atoms with Gasteiger partial charge in [0.15, 0.2) is 0 Å². The predicted molar refractivity (Wildman–Crippen MR) is 61.8 cm³/mol. The Bertz CT molecular complexity index is 497. The first kappa shape index (κ1) is 15.0. The van der Waals surface area contributed by atoms with Crippen molar-refractivity contribution in [3.05, 3.63) is 29.3 Å². The van der Waals surface area contributed by atoms with Crippen LogP contribution >= 0.6 is 0 Å². The number of carbonyl (C=O) groups excluding carboxylic acids is 2. The Hall–Kier alpha value is -2.05. The van der Waals surface area contributed by atoms with Crippen LogP contribution in [0.4, 0.5) is 18.9 Å². The summed E-state index contributed by atoms with van der Waals surface area (Å²) in [5, 5.41) is 2.29. The van der Waals surface area contributed by atoms with E-state index in [2.05, 4.69) is 10.1 Å². The molecular formula is C12H12F3NO3. The number of benzene rings is 1. The van der Waals surface area contributed by atoms with Crippen LogP contribution in [0.25, 0.3) is 0 Å². The Balaban J connectivity index is 3.17. The number of methoxy groups -OCH3 is 1. The van der Waals surface area contributed by atoms with Gasteiger partial charge < -0.3 is 10.1 Å². The number of ether oxygens (including phenoxy) is 1. The Kier molecular flexibility index (Phi) is 4.52. The highest BCUT2D eigenvalue weighted by Crippen LogP contribution is 2.27. The van der Waals surface area contributed by atoms with Crippen molar-refractivity contribution in [2.24, 2.45) is 0 Å². The summed E-state index contributed by atoms with van der Waals surface area (Å²) in [5.41, 5.74) is -0.168. The smallest absolute Gasteiger partial charge is 0.393 e.